The fourth-order valence-electron chi connectivity index (χ4n) is 4.25. The van der Waals surface area contributed by atoms with Crippen LogP contribution in [0.15, 0.2) is 76.0 Å². The Balaban J connectivity index is 1.76. The van der Waals surface area contributed by atoms with Crippen molar-refractivity contribution in [1.82, 2.24) is 5.32 Å². The van der Waals surface area contributed by atoms with Gasteiger partial charge in [0.1, 0.15) is 0 Å². The van der Waals surface area contributed by atoms with E-state index in [9.17, 15) is 9.59 Å². The number of hydrogen-bond acceptors (Lipinski definition) is 4. The molecule has 0 saturated heterocycles. The van der Waals surface area contributed by atoms with Gasteiger partial charge in [-0.1, -0.05) is 29.8 Å². The van der Waals surface area contributed by atoms with Crippen molar-refractivity contribution in [2.45, 2.75) is 43.9 Å². The summed E-state index contributed by atoms with van der Waals surface area (Å²) in [5.41, 5.74) is 6.00. The van der Waals surface area contributed by atoms with Crippen molar-refractivity contribution < 1.29 is 9.59 Å². The maximum Gasteiger partial charge on any atom is 0.254 e. The van der Waals surface area contributed by atoms with Crippen LogP contribution in [0.2, 0.25) is 0 Å². The van der Waals surface area contributed by atoms with E-state index in [0.29, 0.717) is 12.0 Å². The zero-order chi connectivity index (χ0) is 21.3. The Morgan fingerprint density at radius 3 is 2.40 bits per heavy atom. The van der Waals surface area contributed by atoms with Gasteiger partial charge in [0, 0.05) is 45.5 Å². The molecule has 1 amide bonds. The molecule has 5 heteroatoms. The van der Waals surface area contributed by atoms with Gasteiger partial charge in [-0.2, -0.15) is 0 Å². The molecule has 4 nitrogen and oxygen atoms in total. The first-order valence-corrected chi connectivity index (χ1v) is 11.5. The number of carbonyl (C=O) groups is 2. The molecule has 1 aliphatic carbocycles. The van der Waals surface area contributed by atoms with Crippen LogP contribution in [0.25, 0.3) is 0 Å². The lowest BCUT2D eigenvalue weighted by atomic mass is 9.75. The largest absolute Gasteiger partial charge is 0.362 e. The number of dihydropyridines is 1. The minimum absolute atomic E-state index is 0.135. The minimum Gasteiger partial charge on any atom is -0.362 e. The van der Waals surface area contributed by atoms with Crippen molar-refractivity contribution in [2.75, 3.05) is 11.6 Å². The predicted molar refractivity (Wildman–Crippen MR) is 122 cm³/mol. The highest BCUT2D eigenvalue weighted by molar-refractivity contribution is 7.98. The quantitative estimate of drug-likeness (QED) is 0.660. The van der Waals surface area contributed by atoms with Gasteiger partial charge in [0.2, 0.25) is 0 Å². The van der Waals surface area contributed by atoms with Gasteiger partial charge in [-0.15, -0.1) is 11.8 Å². The molecule has 0 bridgehead atoms. The lowest BCUT2D eigenvalue weighted by Crippen LogP contribution is -2.35. The number of amides is 1. The van der Waals surface area contributed by atoms with Gasteiger partial charge < -0.3 is 10.6 Å². The van der Waals surface area contributed by atoms with Gasteiger partial charge in [0.25, 0.3) is 5.91 Å². The van der Waals surface area contributed by atoms with Gasteiger partial charge >= 0.3 is 0 Å². The van der Waals surface area contributed by atoms with Gasteiger partial charge in [-0.3, -0.25) is 9.59 Å². The highest BCUT2D eigenvalue weighted by atomic mass is 32.2. The number of thioether (sulfide) groups is 1. The molecule has 0 saturated carbocycles. The number of anilines is 1. The number of hydrogen-bond donors (Lipinski definition) is 2. The van der Waals surface area contributed by atoms with Gasteiger partial charge in [-0.25, -0.2) is 0 Å². The Morgan fingerprint density at radius 1 is 1.03 bits per heavy atom. The Morgan fingerprint density at radius 2 is 1.73 bits per heavy atom. The van der Waals surface area contributed by atoms with Crippen molar-refractivity contribution in [1.29, 1.82) is 0 Å². The molecule has 30 heavy (non-hydrogen) atoms. The molecule has 1 unspecified atom stereocenters. The topological polar surface area (TPSA) is 58.2 Å². The normalized spacial score (nSPS) is 18.8. The SMILES string of the molecule is CSc1ccc(C2C(C(=O)Nc3ccc(C)cc3)=C(C)NC3=C2C(=O)CCC3)cc1. The summed E-state index contributed by atoms with van der Waals surface area (Å²) in [6.45, 7) is 3.94. The highest BCUT2D eigenvalue weighted by Crippen LogP contribution is 2.42. The molecule has 2 aromatic carbocycles. The fraction of sp³-hybridized carbons (Fsp3) is 0.280. The second kappa shape index (κ2) is 8.52. The smallest absolute Gasteiger partial charge is 0.254 e. The Kier molecular flexibility index (Phi) is 5.82. The van der Waals surface area contributed by atoms with E-state index < -0.39 is 0 Å². The van der Waals surface area contributed by atoms with Crippen molar-refractivity contribution in [2.24, 2.45) is 0 Å². The van der Waals surface area contributed by atoms with Crippen LogP contribution in [0.5, 0.6) is 0 Å². The van der Waals surface area contributed by atoms with Crippen LogP contribution < -0.4 is 10.6 Å². The second-order valence-electron chi connectivity index (χ2n) is 7.86. The first kappa shape index (κ1) is 20.5. The van der Waals surface area contributed by atoms with Gasteiger partial charge in [0.15, 0.2) is 5.78 Å². The number of aryl methyl sites for hydroxylation is 1. The molecule has 1 atom stereocenters. The standard InChI is InChI=1S/C25H26N2O2S/c1-15-7-11-18(12-8-15)27-25(29)22-16(2)26-20-5-4-6-21(28)24(20)23(22)17-9-13-19(30-3)14-10-17/h7-14,23,26H,4-6H2,1-3H3,(H,27,29). The van der Waals surface area contributed by atoms with Crippen LogP contribution in [-0.4, -0.2) is 17.9 Å². The molecule has 0 radical (unpaired) electrons. The molecular weight excluding hydrogens is 392 g/mol. The molecule has 1 heterocycles. The van der Waals surface area contributed by atoms with Gasteiger partial charge in [0.05, 0.1) is 0 Å². The van der Waals surface area contributed by atoms with E-state index in [0.717, 1.165) is 51.5 Å². The summed E-state index contributed by atoms with van der Waals surface area (Å²) in [4.78, 5) is 27.5. The third-order valence-corrected chi connectivity index (χ3v) is 6.52. The molecule has 4 rings (SSSR count). The number of ketones is 1. The minimum atomic E-state index is -0.351. The number of Topliss-reactive ketones (excluding diaryl/α,β-unsaturated/α-hetero) is 1. The lowest BCUT2D eigenvalue weighted by molar-refractivity contribution is -0.116. The van der Waals surface area contributed by atoms with E-state index in [1.807, 2.05) is 56.5 Å². The summed E-state index contributed by atoms with van der Waals surface area (Å²) < 4.78 is 0. The summed E-state index contributed by atoms with van der Waals surface area (Å²) >= 11 is 1.68. The number of nitrogens with one attached hydrogen (secondary N) is 2. The van der Waals surface area contributed by atoms with E-state index >= 15 is 0 Å². The third-order valence-electron chi connectivity index (χ3n) is 5.78. The molecule has 0 fully saturated rings. The molecule has 1 aliphatic heterocycles. The van der Waals surface area contributed by atoms with Crippen LogP contribution >= 0.6 is 11.8 Å². The van der Waals surface area contributed by atoms with Crippen LogP contribution in [0.4, 0.5) is 5.69 Å². The molecule has 2 N–H and O–H groups in total. The summed E-state index contributed by atoms with van der Waals surface area (Å²) in [6.07, 6.45) is 4.26. The van der Waals surface area contributed by atoms with E-state index in [4.69, 9.17) is 0 Å². The molecular formula is C25H26N2O2S. The molecule has 2 aliphatic rings. The number of allylic oxidation sites excluding steroid dienone is 3. The Bertz CT molecular complexity index is 1050. The lowest BCUT2D eigenvalue weighted by Gasteiger charge is -2.34. The molecule has 0 aromatic heterocycles. The summed E-state index contributed by atoms with van der Waals surface area (Å²) in [7, 11) is 0. The van der Waals surface area contributed by atoms with Crippen molar-refractivity contribution >= 4 is 29.1 Å². The van der Waals surface area contributed by atoms with Gasteiger partial charge in [-0.05, 0) is 62.8 Å². The van der Waals surface area contributed by atoms with E-state index in [1.165, 1.54) is 0 Å². The van der Waals surface area contributed by atoms with Crippen molar-refractivity contribution in [3.63, 3.8) is 0 Å². The molecule has 154 valence electrons. The third kappa shape index (κ3) is 3.94. The maximum absolute atomic E-state index is 13.4. The zero-order valence-electron chi connectivity index (χ0n) is 17.5. The molecule has 2 aromatic rings. The average Bonchev–Trinajstić information content (AvgIpc) is 2.74. The zero-order valence-corrected chi connectivity index (χ0v) is 18.4. The van der Waals surface area contributed by atoms with E-state index in [-0.39, 0.29) is 17.6 Å². The maximum atomic E-state index is 13.4. The number of carbonyl (C=O) groups excluding carboxylic acids is 2. The summed E-state index contributed by atoms with van der Waals surface area (Å²) in [6, 6.07) is 15.9. The summed E-state index contributed by atoms with van der Waals surface area (Å²) in [5.74, 6) is -0.390. The van der Waals surface area contributed by atoms with Crippen LogP contribution in [0.3, 0.4) is 0 Å². The predicted octanol–water partition coefficient (Wildman–Crippen LogP) is 5.32. The van der Waals surface area contributed by atoms with Crippen molar-refractivity contribution in [3.8, 4) is 0 Å². The number of rotatable bonds is 4. The first-order chi connectivity index (χ1) is 14.5. The second-order valence-corrected chi connectivity index (χ2v) is 8.74. The van der Waals surface area contributed by atoms with E-state index in [2.05, 4.69) is 22.8 Å². The average molecular weight is 419 g/mol. The monoisotopic (exact) mass is 418 g/mol. The summed E-state index contributed by atoms with van der Waals surface area (Å²) in [5, 5.41) is 6.40. The van der Waals surface area contributed by atoms with Crippen molar-refractivity contribution in [3.05, 3.63) is 82.2 Å². The fourth-order valence-corrected chi connectivity index (χ4v) is 4.66. The van der Waals surface area contributed by atoms with Crippen LogP contribution in [-0.2, 0) is 9.59 Å². The number of benzene rings is 2. The highest BCUT2D eigenvalue weighted by Gasteiger charge is 2.38. The Labute approximate surface area is 181 Å². The van der Waals surface area contributed by atoms with Crippen LogP contribution in [0.1, 0.15) is 43.2 Å². The Hall–Kier alpha value is -2.79. The van der Waals surface area contributed by atoms with Crippen LogP contribution in [0, 0.1) is 6.92 Å². The first-order valence-electron chi connectivity index (χ1n) is 10.2. The molecule has 0 spiro atoms. The van der Waals surface area contributed by atoms with E-state index in [1.54, 1.807) is 11.8 Å².